The molecule has 6 nitrogen and oxygen atoms in total. The first-order valence-electron chi connectivity index (χ1n) is 13.6. The summed E-state index contributed by atoms with van der Waals surface area (Å²) in [7, 11) is 1.95. The predicted molar refractivity (Wildman–Crippen MR) is 166 cm³/mol. The van der Waals surface area contributed by atoms with Gasteiger partial charge in [-0.3, -0.25) is 9.62 Å². The van der Waals surface area contributed by atoms with Crippen LogP contribution in [0.4, 0.5) is 0 Å². The number of nitrogens with two attached hydrogens (primary N) is 2. The number of aryl methyl sites for hydroxylation is 1. The quantitative estimate of drug-likeness (QED) is 0.148. The monoisotopic (exact) mass is 555 g/mol. The number of fused-ring (bicyclic) bond motifs is 1. The van der Waals surface area contributed by atoms with Crippen LogP contribution in [0.15, 0.2) is 54.0 Å². The van der Waals surface area contributed by atoms with Crippen molar-refractivity contribution in [2.24, 2.45) is 11.5 Å². The fourth-order valence-corrected chi connectivity index (χ4v) is 6.25. The van der Waals surface area contributed by atoms with Crippen molar-refractivity contribution >= 4 is 28.9 Å². The zero-order valence-electron chi connectivity index (χ0n) is 23.6. The van der Waals surface area contributed by atoms with Gasteiger partial charge in [0.25, 0.3) is 0 Å². The highest BCUT2D eigenvalue weighted by Crippen LogP contribution is 2.37. The largest absolute Gasteiger partial charge is 0.495 e. The standard InChI is InChI=1S/C24H30N2OS.C6H15N3S/c1-5-8-19(13-20(14-25)17(4)27-16(2)3)24-26-15-23(28-24)22-12-7-10-18-9-6-11-21(18)22;1-8-10-3-2-9-4-6(7)5-9/h5,7-8,10,12-13,15-16H,6,9,11,14,25H2,1-4H3;6,8H,2-5,7H2,1H3/b8-5-,19-13+,20-17-;. The number of benzene rings is 1. The fraction of sp³-hybridized carbons (Fsp3) is 0.500. The topological polar surface area (TPSA) is 89.4 Å². The molecule has 0 amide bonds. The SMILES string of the molecule is CNSCCN1CC(N)C1.C\C=C/C(=C\C(CN)=C(/C)OC(C)C)c1ncc(-c2cccc3c2CCC3)s1. The summed E-state index contributed by atoms with van der Waals surface area (Å²) in [5.74, 6) is 2.03. The summed E-state index contributed by atoms with van der Waals surface area (Å²) >= 11 is 3.50. The summed E-state index contributed by atoms with van der Waals surface area (Å²) in [5.41, 5.74) is 18.0. The maximum absolute atomic E-state index is 6.01. The summed E-state index contributed by atoms with van der Waals surface area (Å²) in [6.45, 7) is 11.8. The number of rotatable bonds is 11. The predicted octanol–water partition coefficient (Wildman–Crippen LogP) is 5.41. The van der Waals surface area contributed by atoms with Gasteiger partial charge in [-0.25, -0.2) is 4.98 Å². The smallest absolute Gasteiger partial charge is 0.123 e. The maximum atomic E-state index is 6.01. The van der Waals surface area contributed by atoms with Gasteiger partial charge in [0.15, 0.2) is 0 Å². The number of likely N-dealkylation sites (tertiary alicyclic amines) is 1. The Balaban J connectivity index is 0.000000336. The molecule has 208 valence electrons. The third-order valence-corrected chi connectivity index (χ3v) is 8.32. The molecule has 8 heteroatoms. The van der Waals surface area contributed by atoms with Gasteiger partial charge >= 0.3 is 0 Å². The van der Waals surface area contributed by atoms with Crippen LogP contribution in [0.2, 0.25) is 0 Å². The molecule has 0 spiro atoms. The van der Waals surface area contributed by atoms with Crippen LogP contribution in [0.1, 0.15) is 50.3 Å². The Labute approximate surface area is 237 Å². The zero-order valence-corrected chi connectivity index (χ0v) is 25.3. The summed E-state index contributed by atoms with van der Waals surface area (Å²) in [5, 5.41) is 1.01. The van der Waals surface area contributed by atoms with Crippen LogP contribution in [-0.2, 0) is 17.6 Å². The highest BCUT2D eigenvalue weighted by molar-refractivity contribution is 7.97. The van der Waals surface area contributed by atoms with Gasteiger partial charge in [0.05, 0.1) is 16.7 Å². The molecule has 1 aromatic carbocycles. The van der Waals surface area contributed by atoms with Crippen molar-refractivity contribution in [2.45, 2.75) is 59.1 Å². The Hall–Kier alpha value is -1.94. The van der Waals surface area contributed by atoms with E-state index in [2.05, 4.69) is 40.0 Å². The number of nitrogens with zero attached hydrogens (tertiary/aromatic N) is 2. The average Bonchev–Trinajstić information content (AvgIpc) is 3.55. The molecule has 0 atom stereocenters. The normalized spacial score (nSPS) is 16.8. The number of allylic oxidation sites excluding steroid dienone is 4. The first-order valence-corrected chi connectivity index (χ1v) is 15.4. The van der Waals surface area contributed by atoms with E-state index in [0.717, 1.165) is 40.8 Å². The van der Waals surface area contributed by atoms with Gasteiger partial charge in [-0.05, 0) is 76.8 Å². The molecule has 0 unspecified atom stereocenters. The molecule has 38 heavy (non-hydrogen) atoms. The molecule has 1 saturated heterocycles. The molecule has 5 N–H and O–H groups in total. The first-order chi connectivity index (χ1) is 18.4. The molecule has 1 aliphatic heterocycles. The van der Waals surface area contributed by atoms with Crippen molar-refractivity contribution in [1.29, 1.82) is 0 Å². The van der Waals surface area contributed by atoms with Gasteiger partial charge in [0, 0.05) is 55.3 Å². The van der Waals surface area contributed by atoms with E-state index in [0.29, 0.717) is 12.6 Å². The second kappa shape index (κ2) is 15.6. The Morgan fingerprint density at radius 1 is 1.32 bits per heavy atom. The summed E-state index contributed by atoms with van der Waals surface area (Å²) in [4.78, 5) is 8.34. The minimum atomic E-state index is 0.131. The van der Waals surface area contributed by atoms with E-state index in [-0.39, 0.29) is 6.10 Å². The Morgan fingerprint density at radius 3 is 2.76 bits per heavy atom. The second-order valence-corrected chi connectivity index (χ2v) is 12.1. The van der Waals surface area contributed by atoms with E-state index in [1.165, 1.54) is 47.4 Å². The number of ether oxygens (including phenoxy) is 1. The van der Waals surface area contributed by atoms with Crippen LogP contribution in [0, 0.1) is 0 Å². The molecule has 2 aliphatic rings. The van der Waals surface area contributed by atoms with E-state index in [4.69, 9.17) is 21.2 Å². The number of nitrogens with one attached hydrogen (secondary N) is 1. The summed E-state index contributed by atoms with van der Waals surface area (Å²) in [6.07, 6.45) is 12.0. The van der Waals surface area contributed by atoms with Crippen LogP contribution in [-0.4, -0.2) is 61.0 Å². The third kappa shape index (κ3) is 8.79. The highest BCUT2D eigenvalue weighted by Gasteiger charge is 2.21. The third-order valence-electron chi connectivity index (χ3n) is 6.56. The molecule has 2 heterocycles. The lowest BCUT2D eigenvalue weighted by Crippen LogP contribution is -2.56. The van der Waals surface area contributed by atoms with Gasteiger partial charge in [-0.15, -0.1) is 11.3 Å². The highest BCUT2D eigenvalue weighted by atomic mass is 32.2. The summed E-state index contributed by atoms with van der Waals surface area (Å²) in [6, 6.07) is 7.10. The van der Waals surface area contributed by atoms with Crippen molar-refractivity contribution in [3.8, 4) is 10.4 Å². The molecular weight excluding hydrogens is 510 g/mol. The van der Waals surface area contributed by atoms with Gasteiger partial charge in [-0.2, -0.15) is 0 Å². The van der Waals surface area contributed by atoms with Crippen LogP contribution < -0.4 is 16.2 Å². The number of aromatic nitrogens is 1. The number of thiazole rings is 1. The Kier molecular flexibility index (Phi) is 12.6. The van der Waals surface area contributed by atoms with E-state index in [1.54, 1.807) is 23.3 Å². The van der Waals surface area contributed by atoms with Crippen LogP contribution in [0.5, 0.6) is 0 Å². The van der Waals surface area contributed by atoms with Gasteiger partial charge < -0.3 is 16.2 Å². The van der Waals surface area contributed by atoms with Crippen LogP contribution in [0.25, 0.3) is 16.0 Å². The van der Waals surface area contributed by atoms with E-state index >= 15 is 0 Å². The minimum absolute atomic E-state index is 0.131. The fourth-order valence-electron chi connectivity index (χ4n) is 4.73. The number of hydrogen-bond donors (Lipinski definition) is 3. The maximum Gasteiger partial charge on any atom is 0.123 e. The van der Waals surface area contributed by atoms with Crippen molar-refractivity contribution in [2.75, 3.05) is 39.0 Å². The molecule has 0 radical (unpaired) electrons. The summed E-state index contributed by atoms with van der Waals surface area (Å²) < 4.78 is 8.90. The van der Waals surface area contributed by atoms with Crippen molar-refractivity contribution < 1.29 is 4.74 Å². The van der Waals surface area contributed by atoms with Crippen molar-refractivity contribution in [1.82, 2.24) is 14.6 Å². The average molecular weight is 556 g/mol. The van der Waals surface area contributed by atoms with Gasteiger partial charge in [0.2, 0.25) is 0 Å². The Bertz CT molecular complexity index is 1120. The lowest BCUT2D eigenvalue weighted by atomic mass is 10.0. The number of hydrogen-bond acceptors (Lipinski definition) is 8. The van der Waals surface area contributed by atoms with E-state index in [9.17, 15) is 0 Å². The molecule has 4 rings (SSSR count). The molecule has 0 saturated carbocycles. The van der Waals surface area contributed by atoms with E-state index < -0.39 is 0 Å². The molecule has 1 aromatic heterocycles. The zero-order chi connectivity index (χ0) is 27.5. The second-order valence-electron chi connectivity index (χ2n) is 9.95. The lowest BCUT2D eigenvalue weighted by Gasteiger charge is -2.36. The van der Waals surface area contributed by atoms with Crippen LogP contribution in [0.3, 0.4) is 0 Å². The Morgan fingerprint density at radius 2 is 2.11 bits per heavy atom. The minimum Gasteiger partial charge on any atom is -0.495 e. The van der Waals surface area contributed by atoms with Crippen LogP contribution >= 0.6 is 23.3 Å². The molecule has 2 aromatic rings. The lowest BCUT2D eigenvalue weighted by molar-refractivity contribution is 0.147. The van der Waals surface area contributed by atoms with Gasteiger partial charge in [0.1, 0.15) is 5.01 Å². The van der Waals surface area contributed by atoms with Crippen molar-refractivity contribution in [3.05, 3.63) is 70.1 Å². The van der Waals surface area contributed by atoms with E-state index in [1.807, 2.05) is 47.0 Å². The first kappa shape index (κ1) is 30.6. The molecule has 0 bridgehead atoms. The molecule has 1 aliphatic carbocycles. The van der Waals surface area contributed by atoms with Crippen molar-refractivity contribution in [3.63, 3.8) is 0 Å². The molecular formula is C30H45N5OS2. The van der Waals surface area contributed by atoms with Gasteiger partial charge in [-0.1, -0.05) is 42.3 Å². The molecule has 1 fully saturated rings.